The first-order chi connectivity index (χ1) is 7.49. The minimum Gasteiger partial charge on any atom is -0.478 e. The summed E-state index contributed by atoms with van der Waals surface area (Å²) in [5.74, 6) is -0.157. The van der Waals surface area contributed by atoms with Gasteiger partial charge in [-0.2, -0.15) is 0 Å². The zero-order valence-corrected chi connectivity index (χ0v) is 10.6. The second-order valence-electron chi connectivity index (χ2n) is 3.89. The molecule has 0 saturated heterocycles. The van der Waals surface area contributed by atoms with E-state index in [4.69, 9.17) is 5.11 Å². The van der Waals surface area contributed by atoms with Gasteiger partial charge >= 0.3 is 5.97 Å². The van der Waals surface area contributed by atoms with E-state index in [0.29, 0.717) is 0 Å². The van der Waals surface area contributed by atoms with Crippen LogP contribution in [0, 0.1) is 13.8 Å². The molecule has 0 aliphatic carbocycles. The molecule has 2 nitrogen and oxygen atoms in total. The minimum absolute atomic E-state index is 0.719. The van der Waals surface area contributed by atoms with Gasteiger partial charge in [0.2, 0.25) is 0 Å². The summed E-state index contributed by atoms with van der Waals surface area (Å²) in [7, 11) is 0. The molecule has 1 aromatic rings. The maximum absolute atomic E-state index is 10.5. The van der Waals surface area contributed by atoms with Gasteiger partial charge in [-0.1, -0.05) is 23.3 Å². The van der Waals surface area contributed by atoms with E-state index >= 15 is 0 Å². The van der Waals surface area contributed by atoms with Crippen molar-refractivity contribution < 1.29 is 9.90 Å². The van der Waals surface area contributed by atoms with E-state index < -0.39 is 5.97 Å². The second kappa shape index (κ2) is 5.75. The molecule has 0 fully saturated rings. The Morgan fingerprint density at radius 3 is 2.75 bits per heavy atom. The van der Waals surface area contributed by atoms with Crippen LogP contribution in [-0.2, 0) is 4.79 Å². The molecule has 0 radical (unpaired) electrons. The highest BCUT2D eigenvalue weighted by Crippen LogP contribution is 2.25. The molecule has 0 heterocycles. The monoisotopic (exact) mass is 236 g/mol. The molecule has 16 heavy (non-hydrogen) atoms. The summed E-state index contributed by atoms with van der Waals surface area (Å²) in [5, 5.41) is 8.59. The van der Waals surface area contributed by atoms with Gasteiger partial charge in [-0.05, 0) is 32.4 Å². The van der Waals surface area contributed by atoms with Crippen molar-refractivity contribution in [2.45, 2.75) is 25.7 Å². The average molecular weight is 236 g/mol. The molecular weight excluding hydrogens is 220 g/mol. The molecule has 0 aromatic heterocycles. The van der Waals surface area contributed by atoms with E-state index in [-0.39, 0.29) is 0 Å². The first-order valence-electron chi connectivity index (χ1n) is 5.09. The molecule has 0 bridgehead atoms. The van der Waals surface area contributed by atoms with Crippen LogP contribution in [0.5, 0.6) is 0 Å². The Bertz CT molecular complexity index is 422. The van der Waals surface area contributed by atoms with Crippen molar-refractivity contribution in [1.82, 2.24) is 0 Å². The summed E-state index contributed by atoms with van der Waals surface area (Å²) < 4.78 is 0. The van der Waals surface area contributed by atoms with Crippen LogP contribution < -0.4 is 0 Å². The van der Waals surface area contributed by atoms with Crippen molar-refractivity contribution in [3.05, 3.63) is 41.0 Å². The van der Waals surface area contributed by atoms with Crippen LogP contribution in [0.2, 0.25) is 0 Å². The number of aryl methyl sites for hydroxylation is 2. The van der Waals surface area contributed by atoms with Crippen LogP contribution >= 0.6 is 11.8 Å². The van der Waals surface area contributed by atoms with Crippen LogP contribution in [0.4, 0.5) is 0 Å². The Balaban J connectivity index is 2.68. The standard InChI is InChI=1S/C13H16O2S/c1-9-4-5-11(3)12(6-9)16-8-10(2)7-13(14)15/h4-7H,8H2,1-3H3,(H,14,15). The van der Waals surface area contributed by atoms with E-state index in [1.165, 1.54) is 22.1 Å². The van der Waals surface area contributed by atoms with E-state index in [0.717, 1.165) is 11.3 Å². The highest BCUT2D eigenvalue weighted by atomic mass is 32.2. The maximum atomic E-state index is 10.5. The van der Waals surface area contributed by atoms with Gasteiger partial charge in [-0.25, -0.2) is 4.79 Å². The van der Waals surface area contributed by atoms with Gasteiger partial charge in [0.15, 0.2) is 0 Å². The largest absolute Gasteiger partial charge is 0.478 e. The fourth-order valence-electron chi connectivity index (χ4n) is 1.31. The second-order valence-corrected chi connectivity index (χ2v) is 4.90. The summed E-state index contributed by atoms with van der Waals surface area (Å²) in [6.45, 7) is 5.97. The molecule has 0 saturated carbocycles. The first-order valence-corrected chi connectivity index (χ1v) is 6.08. The molecule has 1 aromatic carbocycles. The maximum Gasteiger partial charge on any atom is 0.328 e. The van der Waals surface area contributed by atoms with Crippen molar-refractivity contribution >= 4 is 17.7 Å². The Labute approximate surface area is 100 Å². The number of carboxylic acid groups (broad SMARTS) is 1. The molecule has 0 atom stereocenters. The van der Waals surface area contributed by atoms with Crippen LogP contribution in [0.1, 0.15) is 18.1 Å². The van der Waals surface area contributed by atoms with E-state index in [2.05, 4.69) is 32.0 Å². The van der Waals surface area contributed by atoms with Gasteiger partial charge in [-0.3, -0.25) is 0 Å². The molecule has 0 spiro atoms. The molecule has 86 valence electrons. The predicted octanol–water partition coefficient (Wildman–Crippen LogP) is 3.43. The van der Waals surface area contributed by atoms with Crippen molar-refractivity contribution in [2.24, 2.45) is 0 Å². The average Bonchev–Trinajstić information content (AvgIpc) is 2.18. The number of rotatable bonds is 4. The topological polar surface area (TPSA) is 37.3 Å². The lowest BCUT2D eigenvalue weighted by Crippen LogP contribution is -1.92. The fraction of sp³-hybridized carbons (Fsp3) is 0.308. The molecule has 3 heteroatoms. The summed E-state index contributed by atoms with van der Waals surface area (Å²) >= 11 is 1.68. The summed E-state index contributed by atoms with van der Waals surface area (Å²) in [6, 6.07) is 6.31. The Morgan fingerprint density at radius 1 is 1.44 bits per heavy atom. The molecule has 0 aliphatic rings. The third-order valence-corrected chi connectivity index (χ3v) is 3.52. The van der Waals surface area contributed by atoms with Crippen molar-refractivity contribution in [2.75, 3.05) is 5.75 Å². The third kappa shape index (κ3) is 4.11. The highest BCUT2D eigenvalue weighted by Gasteiger charge is 2.01. The van der Waals surface area contributed by atoms with Gasteiger partial charge in [0.1, 0.15) is 0 Å². The van der Waals surface area contributed by atoms with Crippen LogP contribution in [-0.4, -0.2) is 16.8 Å². The van der Waals surface area contributed by atoms with Crippen LogP contribution in [0.25, 0.3) is 0 Å². The number of thioether (sulfide) groups is 1. The summed E-state index contributed by atoms with van der Waals surface area (Å²) in [6.07, 6.45) is 1.26. The van der Waals surface area contributed by atoms with Gasteiger partial charge in [0.25, 0.3) is 0 Å². The quantitative estimate of drug-likeness (QED) is 0.643. The number of hydrogen-bond acceptors (Lipinski definition) is 2. The van der Waals surface area contributed by atoms with Crippen molar-refractivity contribution in [3.63, 3.8) is 0 Å². The molecule has 0 amide bonds. The van der Waals surface area contributed by atoms with Crippen LogP contribution in [0.3, 0.4) is 0 Å². The van der Waals surface area contributed by atoms with Crippen molar-refractivity contribution in [3.8, 4) is 0 Å². The summed E-state index contributed by atoms with van der Waals surface area (Å²) in [5.41, 5.74) is 3.34. The minimum atomic E-state index is -0.876. The SMILES string of the molecule is CC(=CC(=O)O)CSc1cc(C)ccc1C. The van der Waals surface area contributed by atoms with Crippen molar-refractivity contribution in [1.29, 1.82) is 0 Å². The van der Waals surface area contributed by atoms with Gasteiger partial charge in [0.05, 0.1) is 0 Å². The predicted molar refractivity (Wildman–Crippen MR) is 68.0 cm³/mol. The third-order valence-electron chi connectivity index (χ3n) is 2.17. The molecule has 1 N–H and O–H groups in total. The molecule has 0 aliphatic heterocycles. The number of carbonyl (C=O) groups is 1. The zero-order chi connectivity index (χ0) is 12.1. The smallest absolute Gasteiger partial charge is 0.328 e. The molecular formula is C13H16O2S. The molecule has 1 rings (SSSR count). The van der Waals surface area contributed by atoms with E-state index in [1.807, 2.05) is 6.92 Å². The Morgan fingerprint density at radius 2 is 2.12 bits per heavy atom. The Kier molecular flexibility index (Phi) is 4.62. The number of aliphatic carboxylic acids is 1. The first kappa shape index (κ1) is 12.8. The molecule has 0 unspecified atom stereocenters. The lowest BCUT2D eigenvalue weighted by atomic mass is 10.2. The highest BCUT2D eigenvalue weighted by molar-refractivity contribution is 7.99. The fourth-order valence-corrected chi connectivity index (χ4v) is 2.34. The van der Waals surface area contributed by atoms with Gasteiger partial charge < -0.3 is 5.11 Å². The van der Waals surface area contributed by atoms with E-state index in [1.54, 1.807) is 11.8 Å². The lowest BCUT2D eigenvalue weighted by Gasteiger charge is -2.06. The summed E-state index contributed by atoms with van der Waals surface area (Å²) in [4.78, 5) is 11.7. The van der Waals surface area contributed by atoms with Gasteiger partial charge in [0, 0.05) is 16.7 Å². The number of benzene rings is 1. The number of carboxylic acids is 1. The van der Waals surface area contributed by atoms with Crippen LogP contribution in [0.15, 0.2) is 34.7 Å². The van der Waals surface area contributed by atoms with E-state index in [9.17, 15) is 4.79 Å². The normalized spacial score (nSPS) is 11.6. The lowest BCUT2D eigenvalue weighted by molar-refractivity contribution is -0.131. The Hall–Kier alpha value is -1.22. The van der Waals surface area contributed by atoms with Gasteiger partial charge in [-0.15, -0.1) is 11.8 Å². The zero-order valence-electron chi connectivity index (χ0n) is 9.78. The number of hydrogen-bond donors (Lipinski definition) is 1.